The molecule has 23 heavy (non-hydrogen) atoms. The van der Waals surface area contributed by atoms with Crippen LogP contribution in [0.1, 0.15) is 35.8 Å². The quantitative estimate of drug-likeness (QED) is 0.851. The molecule has 0 amide bonds. The highest BCUT2D eigenvalue weighted by Crippen LogP contribution is 2.21. The standard InChI is InChI=1S/C16H15F2NO3S/c1-10(15-7-6-13(17)9-16(15)18)19-23(21,22)14-5-3-4-12(8-14)11(2)20/h3-10,19H,1-2H3/t10-/m1/s1. The van der Waals surface area contributed by atoms with E-state index in [9.17, 15) is 22.0 Å². The van der Waals surface area contributed by atoms with Gasteiger partial charge >= 0.3 is 0 Å². The lowest BCUT2D eigenvalue weighted by atomic mass is 10.1. The van der Waals surface area contributed by atoms with E-state index in [1.54, 1.807) is 0 Å². The van der Waals surface area contributed by atoms with Crippen LogP contribution in [-0.2, 0) is 10.0 Å². The first-order valence-electron chi connectivity index (χ1n) is 6.79. The van der Waals surface area contributed by atoms with Crippen LogP contribution in [0, 0.1) is 11.6 Å². The van der Waals surface area contributed by atoms with Gasteiger partial charge in [-0.15, -0.1) is 0 Å². The normalized spacial score (nSPS) is 12.9. The molecule has 1 atom stereocenters. The van der Waals surface area contributed by atoms with Gasteiger partial charge in [-0.2, -0.15) is 0 Å². The Morgan fingerprint density at radius 3 is 2.43 bits per heavy atom. The summed E-state index contributed by atoms with van der Waals surface area (Å²) >= 11 is 0. The largest absolute Gasteiger partial charge is 0.295 e. The number of carbonyl (C=O) groups excluding carboxylic acids is 1. The monoisotopic (exact) mass is 339 g/mol. The zero-order valence-corrected chi connectivity index (χ0v) is 13.3. The molecule has 0 aromatic heterocycles. The Bertz CT molecular complexity index is 850. The molecular weight excluding hydrogens is 324 g/mol. The van der Waals surface area contributed by atoms with Gasteiger partial charge in [0.05, 0.1) is 4.90 Å². The number of ketones is 1. The van der Waals surface area contributed by atoms with E-state index in [0.29, 0.717) is 6.07 Å². The number of sulfonamides is 1. The molecule has 0 saturated carbocycles. The Labute approximate surface area is 133 Å². The molecular formula is C16H15F2NO3S. The van der Waals surface area contributed by atoms with Crippen molar-refractivity contribution in [2.24, 2.45) is 0 Å². The summed E-state index contributed by atoms with van der Waals surface area (Å²) in [6.07, 6.45) is 0. The average Bonchev–Trinajstić information content (AvgIpc) is 2.46. The molecule has 1 N–H and O–H groups in total. The van der Waals surface area contributed by atoms with E-state index in [1.807, 2.05) is 0 Å². The van der Waals surface area contributed by atoms with Crippen LogP contribution in [0.15, 0.2) is 47.4 Å². The molecule has 0 spiro atoms. The molecule has 2 aromatic carbocycles. The van der Waals surface area contributed by atoms with Crippen LogP contribution in [-0.4, -0.2) is 14.2 Å². The minimum atomic E-state index is -3.95. The Hall–Kier alpha value is -2.12. The van der Waals surface area contributed by atoms with Crippen LogP contribution < -0.4 is 4.72 Å². The number of rotatable bonds is 5. The number of hydrogen-bond acceptors (Lipinski definition) is 3. The molecule has 0 heterocycles. The molecule has 2 aromatic rings. The summed E-state index contributed by atoms with van der Waals surface area (Å²) < 4.78 is 53.7. The summed E-state index contributed by atoms with van der Waals surface area (Å²) in [5, 5.41) is 0. The topological polar surface area (TPSA) is 63.2 Å². The maximum Gasteiger partial charge on any atom is 0.241 e. The number of carbonyl (C=O) groups is 1. The highest BCUT2D eigenvalue weighted by atomic mass is 32.2. The van der Waals surface area contributed by atoms with Gasteiger partial charge in [-0.25, -0.2) is 21.9 Å². The van der Waals surface area contributed by atoms with Gasteiger partial charge in [-0.05, 0) is 32.0 Å². The van der Waals surface area contributed by atoms with E-state index in [2.05, 4.69) is 4.72 Å². The first kappa shape index (κ1) is 17.2. The van der Waals surface area contributed by atoms with Crippen molar-refractivity contribution in [2.45, 2.75) is 24.8 Å². The third-order valence-electron chi connectivity index (χ3n) is 3.31. The number of Topliss-reactive ketones (excluding diaryl/α,β-unsaturated/α-hetero) is 1. The van der Waals surface area contributed by atoms with Crippen LogP contribution in [0.25, 0.3) is 0 Å². The first-order chi connectivity index (χ1) is 10.7. The van der Waals surface area contributed by atoms with Crippen molar-refractivity contribution in [2.75, 3.05) is 0 Å². The predicted octanol–water partition coefficient (Wildman–Crippen LogP) is 3.21. The Kier molecular flexibility index (Phi) is 4.91. The van der Waals surface area contributed by atoms with E-state index >= 15 is 0 Å². The van der Waals surface area contributed by atoms with Gasteiger partial charge in [-0.1, -0.05) is 18.2 Å². The average molecular weight is 339 g/mol. The summed E-state index contributed by atoms with van der Waals surface area (Å²) in [5.74, 6) is -1.84. The van der Waals surface area contributed by atoms with Crippen molar-refractivity contribution in [3.05, 3.63) is 65.2 Å². The van der Waals surface area contributed by atoms with Crippen LogP contribution in [0.4, 0.5) is 8.78 Å². The molecule has 122 valence electrons. The number of halogens is 2. The zero-order valence-electron chi connectivity index (χ0n) is 12.5. The zero-order chi connectivity index (χ0) is 17.2. The summed E-state index contributed by atoms with van der Waals surface area (Å²) in [5.41, 5.74) is 0.284. The molecule has 0 aliphatic carbocycles. The Balaban J connectivity index is 2.30. The summed E-state index contributed by atoms with van der Waals surface area (Å²) in [4.78, 5) is 11.2. The maximum atomic E-state index is 13.7. The van der Waals surface area contributed by atoms with E-state index in [1.165, 1.54) is 44.2 Å². The summed E-state index contributed by atoms with van der Waals surface area (Å²) in [7, 11) is -3.95. The van der Waals surface area contributed by atoms with Crippen molar-refractivity contribution < 1.29 is 22.0 Å². The Morgan fingerprint density at radius 1 is 1.13 bits per heavy atom. The lowest BCUT2D eigenvalue weighted by Crippen LogP contribution is -2.27. The van der Waals surface area contributed by atoms with Gasteiger partial charge in [0.25, 0.3) is 0 Å². The van der Waals surface area contributed by atoms with Crippen LogP contribution in [0.2, 0.25) is 0 Å². The second kappa shape index (κ2) is 6.55. The predicted molar refractivity (Wildman–Crippen MR) is 81.5 cm³/mol. The molecule has 0 aliphatic heterocycles. The Morgan fingerprint density at radius 2 is 1.83 bits per heavy atom. The lowest BCUT2D eigenvalue weighted by molar-refractivity contribution is 0.101. The molecule has 7 heteroatoms. The SMILES string of the molecule is CC(=O)c1cccc(S(=O)(=O)N[C@H](C)c2ccc(F)cc2F)c1. The summed E-state index contributed by atoms with van der Waals surface area (Å²) in [6, 6.07) is 7.57. The van der Waals surface area contributed by atoms with E-state index < -0.39 is 27.7 Å². The number of hydrogen-bond donors (Lipinski definition) is 1. The third kappa shape index (κ3) is 4.00. The van der Waals surface area contributed by atoms with Crippen molar-refractivity contribution >= 4 is 15.8 Å². The van der Waals surface area contributed by atoms with Crippen LogP contribution in [0.3, 0.4) is 0 Å². The minimum Gasteiger partial charge on any atom is -0.295 e. The van der Waals surface area contributed by atoms with Crippen molar-refractivity contribution in [1.82, 2.24) is 4.72 Å². The highest BCUT2D eigenvalue weighted by molar-refractivity contribution is 7.89. The van der Waals surface area contributed by atoms with Gasteiger partial charge in [-0.3, -0.25) is 4.79 Å². The first-order valence-corrected chi connectivity index (χ1v) is 8.27. The second-order valence-corrected chi connectivity index (χ2v) is 6.81. The highest BCUT2D eigenvalue weighted by Gasteiger charge is 2.21. The molecule has 0 bridgehead atoms. The maximum absolute atomic E-state index is 13.7. The molecule has 0 saturated heterocycles. The molecule has 0 radical (unpaired) electrons. The number of benzene rings is 2. The van der Waals surface area contributed by atoms with Crippen LogP contribution in [0.5, 0.6) is 0 Å². The van der Waals surface area contributed by atoms with Gasteiger partial charge in [0.2, 0.25) is 10.0 Å². The number of nitrogens with one attached hydrogen (secondary N) is 1. The van der Waals surface area contributed by atoms with Gasteiger partial charge in [0.1, 0.15) is 11.6 Å². The van der Waals surface area contributed by atoms with E-state index in [4.69, 9.17) is 0 Å². The van der Waals surface area contributed by atoms with Crippen molar-refractivity contribution in [3.8, 4) is 0 Å². The molecule has 2 rings (SSSR count). The van der Waals surface area contributed by atoms with Gasteiger partial charge in [0.15, 0.2) is 5.78 Å². The molecule has 0 unspecified atom stereocenters. The van der Waals surface area contributed by atoms with Crippen molar-refractivity contribution in [1.29, 1.82) is 0 Å². The van der Waals surface area contributed by atoms with Crippen molar-refractivity contribution in [3.63, 3.8) is 0 Å². The van der Waals surface area contributed by atoms with E-state index in [-0.39, 0.29) is 21.8 Å². The smallest absolute Gasteiger partial charge is 0.241 e. The van der Waals surface area contributed by atoms with Gasteiger partial charge in [0, 0.05) is 23.2 Å². The van der Waals surface area contributed by atoms with Crippen LogP contribution >= 0.6 is 0 Å². The lowest BCUT2D eigenvalue weighted by Gasteiger charge is -2.15. The summed E-state index contributed by atoms with van der Waals surface area (Å²) in [6.45, 7) is 2.78. The van der Waals surface area contributed by atoms with Gasteiger partial charge < -0.3 is 0 Å². The molecule has 0 aliphatic rings. The fourth-order valence-corrected chi connectivity index (χ4v) is 3.37. The third-order valence-corrected chi connectivity index (χ3v) is 4.85. The molecule has 4 nitrogen and oxygen atoms in total. The fraction of sp³-hybridized carbons (Fsp3) is 0.188. The second-order valence-electron chi connectivity index (χ2n) is 5.09. The minimum absolute atomic E-state index is 0.0256. The molecule has 0 fully saturated rings. The van der Waals surface area contributed by atoms with E-state index in [0.717, 1.165) is 6.07 Å². The fourth-order valence-electron chi connectivity index (χ4n) is 2.10.